The van der Waals surface area contributed by atoms with Crippen LogP contribution >= 0.6 is 27.5 Å². The minimum absolute atomic E-state index is 0.140. The van der Waals surface area contributed by atoms with Gasteiger partial charge in [0, 0.05) is 6.20 Å². The van der Waals surface area contributed by atoms with E-state index in [9.17, 15) is 0 Å². The first kappa shape index (κ1) is 9.42. The number of nitrogens with zero attached hydrogens (tertiary/aromatic N) is 4. The van der Waals surface area contributed by atoms with E-state index in [1.165, 1.54) is 10.9 Å². The van der Waals surface area contributed by atoms with Crippen LogP contribution in [0.15, 0.2) is 23.1 Å². The summed E-state index contributed by atoms with van der Waals surface area (Å²) >= 11 is 8.91. The van der Waals surface area contributed by atoms with Gasteiger partial charge in [-0.2, -0.15) is 10.1 Å². The largest absolute Gasteiger partial charge is 0.394 e. The highest BCUT2D eigenvalue weighted by molar-refractivity contribution is 9.10. The van der Waals surface area contributed by atoms with E-state index in [-0.39, 0.29) is 5.28 Å². The number of nitrogens with two attached hydrogens (primary N) is 1. The van der Waals surface area contributed by atoms with E-state index in [1.807, 2.05) is 0 Å². The summed E-state index contributed by atoms with van der Waals surface area (Å²) < 4.78 is 2.36. The maximum atomic E-state index is 5.67. The van der Waals surface area contributed by atoms with Crippen molar-refractivity contribution in [3.05, 3.63) is 28.3 Å². The molecule has 0 unspecified atom stereocenters. The first-order valence-corrected chi connectivity index (χ1v) is 4.82. The number of rotatable bonds is 1. The summed E-state index contributed by atoms with van der Waals surface area (Å²) in [7, 11) is 0. The molecule has 0 aromatic carbocycles. The first-order chi connectivity index (χ1) is 6.66. The number of aromatic nitrogens is 4. The van der Waals surface area contributed by atoms with E-state index in [0.717, 1.165) is 4.47 Å². The molecule has 0 aliphatic carbocycles. The maximum absolute atomic E-state index is 5.67. The van der Waals surface area contributed by atoms with Crippen molar-refractivity contribution in [2.75, 3.05) is 5.73 Å². The van der Waals surface area contributed by atoms with Crippen LogP contribution in [0, 0.1) is 0 Å². The highest BCUT2D eigenvalue weighted by atomic mass is 79.9. The Morgan fingerprint density at radius 3 is 2.86 bits per heavy atom. The molecule has 0 aliphatic heterocycles. The summed E-state index contributed by atoms with van der Waals surface area (Å²) in [4.78, 5) is 7.71. The second-order valence-electron chi connectivity index (χ2n) is 2.52. The van der Waals surface area contributed by atoms with Gasteiger partial charge in [0.15, 0.2) is 5.82 Å². The summed E-state index contributed by atoms with van der Waals surface area (Å²) in [5, 5.41) is 4.17. The molecule has 14 heavy (non-hydrogen) atoms. The normalized spacial score (nSPS) is 10.4. The summed E-state index contributed by atoms with van der Waals surface area (Å²) in [5.74, 6) is 0.468. The van der Waals surface area contributed by atoms with Crippen LogP contribution in [0.1, 0.15) is 0 Å². The smallest absolute Gasteiger partial charge is 0.224 e. The lowest BCUT2D eigenvalue weighted by Crippen LogP contribution is -2.04. The third-order valence-corrected chi connectivity index (χ3v) is 2.13. The van der Waals surface area contributed by atoms with Crippen molar-refractivity contribution < 1.29 is 0 Å². The minimum atomic E-state index is 0.140. The second-order valence-corrected chi connectivity index (χ2v) is 3.77. The molecule has 0 fully saturated rings. The number of halogens is 2. The third kappa shape index (κ3) is 1.71. The van der Waals surface area contributed by atoms with Gasteiger partial charge in [-0.15, -0.1) is 0 Å². The molecule has 0 saturated carbocycles. The SMILES string of the molecule is Nc1cnc(Cl)nc1-n1cc(Br)cn1. The van der Waals surface area contributed by atoms with Gasteiger partial charge in [0.1, 0.15) is 0 Å². The summed E-state index contributed by atoms with van der Waals surface area (Å²) in [6.45, 7) is 0. The van der Waals surface area contributed by atoms with E-state index in [2.05, 4.69) is 31.0 Å². The van der Waals surface area contributed by atoms with Gasteiger partial charge in [-0.1, -0.05) is 0 Å². The molecule has 0 saturated heterocycles. The maximum Gasteiger partial charge on any atom is 0.224 e. The van der Waals surface area contributed by atoms with E-state index in [0.29, 0.717) is 11.5 Å². The molecule has 2 aromatic heterocycles. The van der Waals surface area contributed by atoms with Gasteiger partial charge in [-0.3, -0.25) is 0 Å². The van der Waals surface area contributed by atoms with Crippen molar-refractivity contribution >= 4 is 33.2 Å². The zero-order valence-electron chi connectivity index (χ0n) is 6.85. The van der Waals surface area contributed by atoms with Gasteiger partial charge < -0.3 is 5.73 Å². The molecular weight excluding hydrogens is 269 g/mol. The van der Waals surface area contributed by atoms with Gasteiger partial charge in [-0.05, 0) is 27.5 Å². The van der Waals surface area contributed by atoms with Gasteiger partial charge in [0.05, 0.1) is 22.6 Å². The Bertz CT molecular complexity index is 469. The molecule has 2 heterocycles. The molecule has 2 aromatic rings. The lowest BCUT2D eigenvalue weighted by atomic mass is 10.5. The molecule has 2 rings (SSSR count). The zero-order valence-corrected chi connectivity index (χ0v) is 9.20. The summed E-state index contributed by atoms with van der Waals surface area (Å²) in [5.41, 5.74) is 6.09. The minimum Gasteiger partial charge on any atom is -0.394 e. The van der Waals surface area contributed by atoms with Crippen LogP contribution in [0.4, 0.5) is 5.69 Å². The van der Waals surface area contributed by atoms with Crippen molar-refractivity contribution in [1.82, 2.24) is 19.7 Å². The third-order valence-electron chi connectivity index (χ3n) is 1.53. The average molecular weight is 275 g/mol. The highest BCUT2D eigenvalue weighted by Gasteiger charge is 2.06. The molecule has 0 aliphatic rings. The van der Waals surface area contributed by atoms with Crippen LogP contribution in [-0.2, 0) is 0 Å². The monoisotopic (exact) mass is 273 g/mol. The highest BCUT2D eigenvalue weighted by Crippen LogP contribution is 2.16. The summed E-state index contributed by atoms with van der Waals surface area (Å²) in [6.07, 6.45) is 4.81. The Morgan fingerprint density at radius 1 is 1.43 bits per heavy atom. The molecule has 72 valence electrons. The van der Waals surface area contributed by atoms with Crippen molar-refractivity contribution in [3.63, 3.8) is 0 Å². The molecule has 0 spiro atoms. The molecule has 0 amide bonds. The fourth-order valence-electron chi connectivity index (χ4n) is 0.962. The van der Waals surface area contributed by atoms with Gasteiger partial charge in [-0.25, -0.2) is 9.67 Å². The van der Waals surface area contributed by atoms with Crippen LogP contribution in [0.3, 0.4) is 0 Å². The van der Waals surface area contributed by atoms with Gasteiger partial charge >= 0.3 is 0 Å². The van der Waals surface area contributed by atoms with Crippen molar-refractivity contribution in [1.29, 1.82) is 0 Å². The average Bonchev–Trinajstić information content (AvgIpc) is 2.56. The van der Waals surface area contributed by atoms with Crippen molar-refractivity contribution in [2.45, 2.75) is 0 Å². The fraction of sp³-hybridized carbons (Fsp3) is 0. The van der Waals surface area contributed by atoms with E-state index < -0.39 is 0 Å². The molecule has 2 N–H and O–H groups in total. The van der Waals surface area contributed by atoms with Crippen molar-refractivity contribution in [2.24, 2.45) is 0 Å². The zero-order chi connectivity index (χ0) is 10.1. The lowest BCUT2D eigenvalue weighted by molar-refractivity contribution is 0.843. The Labute approximate surface area is 93.0 Å². The predicted octanol–water partition coefficient (Wildman–Crippen LogP) is 1.66. The molecular formula is C7H5BrClN5. The summed E-state index contributed by atoms with van der Waals surface area (Å²) in [6, 6.07) is 0. The number of hydrogen-bond acceptors (Lipinski definition) is 4. The number of anilines is 1. The Hall–Kier alpha value is -1.14. The number of hydrogen-bond donors (Lipinski definition) is 1. The molecule has 0 atom stereocenters. The van der Waals surface area contributed by atoms with Crippen LogP contribution in [0.25, 0.3) is 5.82 Å². The Balaban J connectivity index is 2.55. The first-order valence-electron chi connectivity index (χ1n) is 3.65. The van der Waals surface area contributed by atoms with E-state index >= 15 is 0 Å². The molecule has 0 bridgehead atoms. The Morgan fingerprint density at radius 2 is 2.21 bits per heavy atom. The molecule has 7 heteroatoms. The number of nitrogen functional groups attached to an aromatic ring is 1. The fourth-order valence-corrected chi connectivity index (χ4v) is 1.38. The Kier molecular flexibility index (Phi) is 2.39. The standard InChI is InChI=1S/C7H5BrClN5/c8-4-1-12-14(3-4)6-5(10)2-11-7(9)13-6/h1-3H,10H2. The van der Waals surface area contributed by atoms with Crippen molar-refractivity contribution in [3.8, 4) is 5.82 Å². The lowest BCUT2D eigenvalue weighted by Gasteiger charge is -2.02. The van der Waals surface area contributed by atoms with Crippen LogP contribution in [-0.4, -0.2) is 19.7 Å². The van der Waals surface area contributed by atoms with Crippen LogP contribution in [0.5, 0.6) is 0 Å². The molecule has 5 nitrogen and oxygen atoms in total. The van der Waals surface area contributed by atoms with Gasteiger partial charge in [0.2, 0.25) is 5.28 Å². The van der Waals surface area contributed by atoms with E-state index in [4.69, 9.17) is 17.3 Å². The second kappa shape index (κ2) is 3.55. The molecule has 0 radical (unpaired) electrons. The van der Waals surface area contributed by atoms with E-state index in [1.54, 1.807) is 12.4 Å². The van der Waals surface area contributed by atoms with Gasteiger partial charge in [0.25, 0.3) is 0 Å². The topological polar surface area (TPSA) is 69.6 Å². The van der Waals surface area contributed by atoms with Crippen LogP contribution < -0.4 is 5.73 Å². The quantitative estimate of drug-likeness (QED) is 0.803. The van der Waals surface area contributed by atoms with Crippen LogP contribution in [0.2, 0.25) is 5.28 Å². The predicted molar refractivity (Wildman–Crippen MR) is 56.3 cm³/mol.